The largest absolute Gasteiger partial charge is 0.303 e. The maximum absolute atomic E-state index is 2.64. The minimum absolute atomic E-state index is 0.661. The van der Waals surface area contributed by atoms with Crippen LogP contribution in [-0.2, 0) is 0 Å². The van der Waals surface area contributed by atoms with Gasteiger partial charge in [0.1, 0.15) is 0 Å². The fourth-order valence-corrected chi connectivity index (χ4v) is 6.44. The molecule has 1 aliphatic carbocycles. The summed E-state index contributed by atoms with van der Waals surface area (Å²) >= 11 is 0. The second-order valence-electron chi connectivity index (χ2n) is 9.46. The first-order valence-electron chi connectivity index (χ1n) is 11.9. The van der Waals surface area contributed by atoms with Crippen LogP contribution in [0.4, 0.5) is 0 Å². The summed E-state index contributed by atoms with van der Waals surface area (Å²) in [6, 6.07) is 18.7. The van der Waals surface area contributed by atoms with E-state index in [2.05, 4.69) is 72.2 Å². The molecule has 154 valence electrons. The molecule has 0 amide bonds. The topological polar surface area (TPSA) is 6.48 Å². The van der Waals surface area contributed by atoms with Gasteiger partial charge in [0, 0.05) is 13.1 Å². The van der Waals surface area contributed by atoms with Crippen LogP contribution < -0.4 is 0 Å². The highest BCUT2D eigenvalue weighted by Crippen LogP contribution is 2.53. The van der Waals surface area contributed by atoms with E-state index in [1.165, 1.54) is 79.6 Å². The van der Waals surface area contributed by atoms with E-state index in [0.29, 0.717) is 11.8 Å². The molecule has 3 aromatic rings. The van der Waals surface area contributed by atoms with Gasteiger partial charge in [-0.05, 0) is 95.0 Å². The highest BCUT2D eigenvalue weighted by atomic mass is 15.1. The quantitative estimate of drug-likeness (QED) is 0.411. The Kier molecular flexibility index (Phi) is 4.47. The molecule has 2 heterocycles. The summed E-state index contributed by atoms with van der Waals surface area (Å²) < 4.78 is 0. The van der Waals surface area contributed by atoms with Crippen molar-refractivity contribution >= 4 is 10.8 Å². The van der Waals surface area contributed by atoms with Crippen molar-refractivity contribution in [2.75, 3.05) is 39.3 Å². The maximum Gasteiger partial charge on any atom is 0.00510 e. The molecule has 30 heavy (non-hydrogen) atoms. The lowest BCUT2D eigenvalue weighted by Gasteiger charge is -2.25. The summed E-state index contributed by atoms with van der Waals surface area (Å²) in [5.74, 6) is 1.34. The van der Waals surface area contributed by atoms with Gasteiger partial charge in [-0.3, -0.25) is 0 Å². The number of fused-ring (bicyclic) bond motifs is 3. The molecular weight excluding hydrogens is 364 g/mol. The van der Waals surface area contributed by atoms with Gasteiger partial charge in [-0.1, -0.05) is 62.4 Å². The average Bonchev–Trinajstić information content (AvgIpc) is 3.53. The van der Waals surface area contributed by atoms with Gasteiger partial charge in [-0.15, -0.1) is 0 Å². The van der Waals surface area contributed by atoms with E-state index in [-0.39, 0.29) is 0 Å². The Bertz CT molecular complexity index is 1120. The number of hydrogen-bond acceptors (Lipinski definition) is 2. The number of nitrogens with zero attached hydrogens (tertiary/aromatic N) is 2. The standard InChI is InChI=1S/C28H32N2/c1-3-29-14-12-20(17-29)25-16-19-8-7-11-23-22-9-5-6-10-24(22)28(26(19)23)27(25)21-13-15-30(4-2)18-21/h5-11,16,20-21H,3-4,12-15,17-18H2,1-2H3. The molecule has 2 saturated heterocycles. The molecule has 0 spiro atoms. The second-order valence-corrected chi connectivity index (χ2v) is 9.46. The second kappa shape index (κ2) is 7.21. The molecule has 0 bridgehead atoms. The lowest BCUT2D eigenvalue weighted by atomic mass is 9.80. The molecule has 2 unspecified atom stereocenters. The van der Waals surface area contributed by atoms with E-state index in [1.54, 1.807) is 16.7 Å². The van der Waals surface area contributed by atoms with Crippen LogP contribution in [0, 0.1) is 0 Å². The Morgan fingerprint density at radius 2 is 1.43 bits per heavy atom. The van der Waals surface area contributed by atoms with Gasteiger partial charge in [0.25, 0.3) is 0 Å². The van der Waals surface area contributed by atoms with Crippen LogP contribution >= 0.6 is 0 Å². The monoisotopic (exact) mass is 396 g/mol. The van der Waals surface area contributed by atoms with Crippen LogP contribution in [0.2, 0.25) is 0 Å². The van der Waals surface area contributed by atoms with Crippen LogP contribution in [-0.4, -0.2) is 49.1 Å². The third-order valence-electron chi connectivity index (χ3n) is 8.01. The lowest BCUT2D eigenvalue weighted by Crippen LogP contribution is -2.21. The number of benzene rings is 3. The number of hydrogen-bond donors (Lipinski definition) is 0. The van der Waals surface area contributed by atoms with Crippen molar-refractivity contribution in [2.24, 2.45) is 0 Å². The lowest BCUT2D eigenvalue weighted by molar-refractivity contribution is 0.351. The van der Waals surface area contributed by atoms with E-state index in [4.69, 9.17) is 0 Å². The zero-order valence-electron chi connectivity index (χ0n) is 18.3. The van der Waals surface area contributed by atoms with Crippen LogP contribution in [0.3, 0.4) is 0 Å². The van der Waals surface area contributed by atoms with Gasteiger partial charge in [-0.2, -0.15) is 0 Å². The Hall–Kier alpha value is -2.16. The first kappa shape index (κ1) is 18.6. The third-order valence-corrected chi connectivity index (χ3v) is 8.01. The maximum atomic E-state index is 2.64. The highest BCUT2D eigenvalue weighted by molar-refractivity contribution is 6.16. The fraction of sp³-hybridized carbons (Fsp3) is 0.429. The molecule has 2 heteroatoms. The van der Waals surface area contributed by atoms with Crippen molar-refractivity contribution in [1.29, 1.82) is 0 Å². The van der Waals surface area contributed by atoms with Crippen LogP contribution in [0.5, 0.6) is 0 Å². The van der Waals surface area contributed by atoms with Crippen LogP contribution in [0.1, 0.15) is 49.7 Å². The van der Waals surface area contributed by atoms with Gasteiger partial charge in [0.2, 0.25) is 0 Å². The van der Waals surface area contributed by atoms with E-state index in [9.17, 15) is 0 Å². The van der Waals surface area contributed by atoms with Gasteiger partial charge in [0.05, 0.1) is 0 Å². The van der Waals surface area contributed by atoms with E-state index < -0.39 is 0 Å². The third kappa shape index (κ3) is 2.70. The van der Waals surface area contributed by atoms with Crippen LogP contribution in [0.15, 0.2) is 48.5 Å². The average molecular weight is 397 g/mol. The smallest absolute Gasteiger partial charge is 0.00510 e. The van der Waals surface area contributed by atoms with Gasteiger partial charge in [0.15, 0.2) is 0 Å². The predicted molar refractivity (Wildman–Crippen MR) is 127 cm³/mol. The normalized spacial score (nSPS) is 23.5. The number of likely N-dealkylation sites (tertiary alicyclic amines) is 2. The predicted octanol–water partition coefficient (Wildman–Crippen LogP) is 6.11. The number of likely N-dealkylation sites (N-methyl/N-ethyl adjacent to an activating group) is 2. The van der Waals surface area contributed by atoms with Crippen molar-refractivity contribution in [3.8, 4) is 22.3 Å². The summed E-state index contributed by atoms with van der Waals surface area (Å²) in [6.07, 6.45) is 2.60. The van der Waals surface area contributed by atoms with Crippen LogP contribution in [0.25, 0.3) is 33.0 Å². The first-order valence-corrected chi connectivity index (χ1v) is 11.9. The molecule has 2 nitrogen and oxygen atoms in total. The molecule has 0 N–H and O–H groups in total. The Morgan fingerprint density at radius 3 is 2.17 bits per heavy atom. The fourth-order valence-electron chi connectivity index (χ4n) is 6.44. The molecule has 0 saturated carbocycles. The van der Waals surface area contributed by atoms with Crippen molar-refractivity contribution in [3.63, 3.8) is 0 Å². The van der Waals surface area contributed by atoms with Crippen molar-refractivity contribution in [3.05, 3.63) is 59.7 Å². The molecule has 2 atom stereocenters. The van der Waals surface area contributed by atoms with E-state index in [0.717, 1.165) is 0 Å². The molecule has 3 aliphatic rings. The zero-order valence-corrected chi connectivity index (χ0v) is 18.3. The molecule has 6 rings (SSSR count). The summed E-state index contributed by atoms with van der Waals surface area (Å²) in [7, 11) is 0. The summed E-state index contributed by atoms with van der Waals surface area (Å²) in [6.45, 7) is 11.9. The molecular formula is C28H32N2. The summed E-state index contributed by atoms with van der Waals surface area (Å²) in [5.41, 5.74) is 9.28. The van der Waals surface area contributed by atoms with Crippen molar-refractivity contribution in [2.45, 2.75) is 38.5 Å². The SMILES string of the molecule is CCN1CCC(c2cc3cccc4c3c(c2C2CCN(CC)C2)-c2ccccc2-4)C1. The minimum Gasteiger partial charge on any atom is -0.303 e. The van der Waals surface area contributed by atoms with Gasteiger partial charge >= 0.3 is 0 Å². The van der Waals surface area contributed by atoms with Gasteiger partial charge < -0.3 is 9.80 Å². The molecule has 2 fully saturated rings. The van der Waals surface area contributed by atoms with Crippen molar-refractivity contribution < 1.29 is 0 Å². The van der Waals surface area contributed by atoms with E-state index >= 15 is 0 Å². The van der Waals surface area contributed by atoms with Crippen molar-refractivity contribution in [1.82, 2.24) is 9.80 Å². The molecule has 3 aromatic carbocycles. The Balaban J connectivity index is 1.61. The van der Waals surface area contributed by atoms with E-state index in [1.807, 2.05) is 0 Å². The Morgan fingerprint density at radius 1 is 0.767 bits per heavy atom. The summed E-state index contributed by atoms with van der Waals surface area (Å²) in [5, 5.41) is 2.95. The highest BCUT2D eigenvalue weighted by Gasteiger charge is 2.35. The minimum atomic E-state index is 0.661. The molecule has 2 aliphatic heterocycles. The van der Waals surface area contributed by atoms with Gasteiger partial charge in [-0.25, -0.2) is 0 Å². The zero-order chi connectivity index (χ0) is 20.2. The molecule has 0 radical (unpaired) electrons. The number of rotatable bonds is 4. The molecule has 0 aromatic heterocycles. The summed E-state index contributed by atoms with van der Waals surface area (Å²) in [4.78, 5) is 5.28. The Labute approximate surface area is 180 Å². The first-order chi connectivity index (χ1) is 14.8.